The van der Waals surface area contributed by atoms with E-state index in [9.17, 15) is 5.11 Å². The maximum absolute atomic E-state index is 9.41. The third kappa shape index (κ3) is 2.82. The van der Waals surface area contributed by atoms with Crippen molar-refractivity contribution in [1.82, 2.24) is 4.98 Å². The van der Waals surface area contributed by atoms with Gasteiger partial charge < -0.3 is 14.7 Å². The molecule has 0 bridgehead atoms. The van der Waals surface area contributed by atoms with E-state index in [-0.39, 0.29) is 17.8 Å². The quantitative estimate of drug-likeness (QED) is 0.871. The molecule has 1 fully saturated rings. The summed E-state index contributed by atoms with van der Waals surface area (Å²) in [5.74, 6) is 0.865. The summed E-state index contributed by atoms with van der Waals surface area (Å²) in [6.07, 6.45) is 1.77. The zero-order valence-corrected chi connectivity index (χ0v) is 11.6. The lowest BCUT2D eigenvalue weighted by atomic mass is 9.98. The van der Waals surface area contributed by atoms with Gasteiger partial charge in [0.15, 0.2) is 0 Å². The summed E-state index contributed by atoms with van der Waals surface area (Å²) in [4.78, 5) is 6.62. The Morgan fingerprint density at radius 3 is 2.44 bits per heavy atom. The van der Waals surface area contributed by atoms with Gasteiger partial charge in [0.1, 0.15) is 5.82 Å². The van der Waals surface area contributed by atoms with Gasteiger partial charge in [-0.25, -0.2) is 4.98 Å². The molecule has 0 saturated carbocycles. The molecule has 0 aliphatic carbocycles. The van der Waals surface area contributed by atoms with Gasteiger partial charge in [-0.15, -0.1) is 0 Å². The molecule has 2 rings (SSSR count). The van der Waals surface area contributed by atoms with Gasteiger partial charge in [0.25, 0.3) is 0 Å². The highest BCUT2D eigenvalue weighted by atomic mass is 16.5. The fourth-order valence-corrected chi connectivity index (χ4v) is 2.78. The number of hydrogen-bond acceptors (Lipinski definition) is 4. The van der Waals surface area contributed by atoms with Crippen LogP contribution in [0.4, 0.5) is 5.82 Å². The normalized spacial score (nSPS) is 21.9. The predicted octanol–water partition coefficient (Wildman–Crippen LogP) is 1.97. The number of aliphatic hydroxyl groups excluding tert-OH is 1. The van der Waals surface area contributed by atoms with E-state index in [2.05, 4.69) is 37.6 Å². The number of morpholine rings is 1. The first kappa shape index (κ1) is 13.3. The minimum atomic E-state index is -0.216. The van der Waals surface area contributed by atoms with Crippen molar-refractivity contribution in [2.45, 2.75) is 45.5 Å². The van der Waals surface area contributed by atoms with E-state index >= 15 is 0 Å². The largest absolute Gasteiger partial charge is 0.392 e. The summed E-state index contributed by atoms with van der Waals surface area (Å²) in [6, 6.07) is 3.77. The minimum Gasteiger partial charge on any atom is -0.392 e. The zero-order chi connectivity index (χ0) is 13.4. The number of hydrogen-bond donors (Lipinski definition) is 1. The molecule has 1 saturated heterocycles. The van der Waals surface area contributed by atoms with E-state index in [0.717, 1.165) is 24.5 Å². The third-order valence-corrected chi connectivity index (χ3v) is 3.03. The van der Waals surface area contributed by atoms with Gasteiger partial charge in [0.05, 0.1) is 17.8 Å². The highest BCUT2D eigenvalue weighted by molar-refractivity contribution is 5.47. The Hall–Kier alpha value is -1.13. The Labute approximate surface area is 109 Å². The number of rotatable bonds is 2. The molecular weight excluding hydrogens is 228 g/mol. The molecule has 4 heteroatoms. The Kier molecular flexibility index (Phi) is 3.34. The second-order valence-electron chi connectivity index (χ2n) is 6.12. The van der Waals surface area contributed by atoms with Gasteiger partial charge in [0.2, 0.25) is 0 Å². The predicted molar refractivity (Wildman–Crippen MR) is 71.6 cm³/mol. The fourth-order valence-electron chi connectivity index (χ4n) is 2.78. The first-order valence-electron chi connectivity index (χ1n) is 6.33. The van der Waals surface area contributed by atoms with Gasteiger partial charge in [-0.1, -0.05) is 6.07 Å². The van der Waals surface area contributed by atoms with E-state index in [1.165, 1.54) is 0 Å². The zero-order valence-electron chi connectivity index (χ0n) is 11.6. The van der Waals surface area contributed by atoms with Crippen LogP contribution in [0.2, 0.25) is 0 Å². The van der Waals surface area contributed by atoms with Crippen LogP contribution >= 0.6 is 0 Å². The molecule has 18 heavy (non-hydrogen) atoms. The van der Waals surface area contributed by atoms with Gasteiger partial charge in [-0.05, 0) is 33.8 Å². The molecule has 0 unspecified atom stereocenters. The second kappa shape index (κ2) is 4.52. The van der Waals surface area contributed by atoms with Gasteiger partial charge in [-0.3, -0.25) is 0 Å². The molecule has 0 amide bonds. The molecule has 0 aromatic carbocycles. The summed E-state index contributed by atoms with van der Waals surface area (Å²) < 4.78 is 6.05. The SMILES string of the molecule is CC1(C)CN(c2ncccc2CO)CC(C)(C)O1. The first-order valence-corrected chi connectivity index (χ1v) is 6.33. The van der Waals surface area contributed by atoms with Gasteiger partial charge >= 0.3 is 0 Å². The topological polar surface area (TPSA) is 45.6 Å². The summed E-state index contributed by atoms with van der Waals surface area (Å²) >= 11 is 0. The van der Waals surface area contributed by atoms with Crippen LogP contribution in [-0.4, -0.2) is 34.4 Å². The summed E-state index contributed by atoms with van der Waals surface area (Å²) in [7, 11) is 0. The number of aromatic nitrogens is 1. The van der Waals surface area contributed by atoms with Crippen LogP contribution in [0.1, 0.15) is 33.3 Å². The number of nitrogens with zero attached hydrogens (tertiary/aromatic N) is 2. The molecule has 1 aliphatic rings. The fraction of sp³-hybridized carbons (Fsp3) is 0.643. The highest BCUT2D eigenvalue weighted by Gasteiger charge is 2.39. The Balaban J connectivity index is 2.32. The van der Waals surface area contributed by atoms with Crippen molar-refractivity contribution < 1.29 is 9.84 Å². The molecule has 2 heterocycles. The molecule has 0 spiro atoms. The van der Waals surface area contributed by atoms with Crippen LogP contribution in [0.25, 0.3) is 0 Å². The summed E-state index contributed by atoms with van der Waals surface area (Å²) in [5, 5.41) is 9.41. The average molecular weight is 250 g/mol. The molecule has 1 aromatic rings. The van der Waals surface area contributed by atoms with Crippen molar-refractivity contribution in [3.05, 3.63) is 23.9 Å². The van der Waals surface area contributed by atoms with Crippen molar-refractivity contribution in [1.29, 1.82) is 0 Å². The second-order valence-corrected chi connectivity index (χ2v) is 6.12. The van der Waals surface area contributed by atoms with Crippen molar-refractivity contribution in [2.75, 3.05) is 18.0 Å². The number of pyridine rings is 1. The van der Waals surface area contributed by atoms with Crippen LogP contribution in [0.15, 0.2) is 18.3 Å². The van der Waals surface area contributed by atoms with Crippen molar-refractivity contribution in [3.8, 4) is 0 Å². The lowest BCUT2D eigenvalue weighted by Gasteiger charge is -2.47. The van der Waals surface area contributed by atoms with Gasteiger partial charge in [-0.2, -0.15) is 0 Å². The average Bonchev–Trinajstić information content (AvgIpc) is 2.24. The van der Waals surface area contributed by atoms with E-state index in [4.69, 9.17) is 4.74 Å². The third-order valence-electron chi connectivity index (χ3n) is 3.03. The smallest absolute Gasteiger partial charge is 0.134 e. The monoisotopic (exact) mass is 250 g/mol. The summed E-state index contributed by atoms with van der Waals surface area (Å²) in [6.45, 7) is 9.91. The molecule has 0 atom stereocenters. The van der Waals surface area contributed by atoms with Crippen LogP contribution in [0, 0.1) is 0 Å². The van der Waals surface area contributed by atoms with E-state index in [0.29, 0.717) is 0 Å². The maximum Gasteiger partial charge on any atom is 0.134 e. The van der Waals surface area contributed by atoms with Crippen molar-refractivity contribution in [2.24, 2.45) is 0 Å². The molecule has 1 aliphatic heterocycles. The lowest BCUT2D eigenvalue weighted by molar-refractivity contribution is -0.133. The number of ether oxygens (including phenoxy) is 1. The number of anilines is 1. The van der Waals surface area contributed by atoms with Crippen LogP contribution in [0.3, 0.4) is 0 Å². The standard InChI is InChI=1S/C14H22N2O2/c1-13(2)9-16(10-14(3,4)18-13)12-11(8-17)6-5-7-15-12/h5-7,17H,8-10H2,1-4H3. The minimum absolute atomic E-state index is 0.0153. The molecule has 1 aromatic heterocycles. The van der Waals surface area contributed by atoms with Crippen LogP contribution < -0.4 is 4.90 Å². The molecule has 4 nitrogen and oxygen atoms in total. The maximum atomic E-state index is 9.41. The van der Waals surface area contributed by atoms with Crippen LogP contribution in [0.5, 0.6) is 0 Å². The van der Waals surface area contributed by atoms with E-state index in [1.807, 2.05) is 12.1 Å². The molecule has 100 valence electrons. The Morgan fingerprint density at radius 1 is 1.28 bits per heavy atom. The molecule has 0 radical (unpaired) electrons. The Bertz CT molecular complexity index is 414. The Morgan fingerprint density at radius 2 is 1.89 bits per heavy atom. The van der Waals surface area contributed by atoms with Crippen molar-refractivity contribution >= 4 is 5.82 Å². The molecule has 1 N–H and O–H groups in total. The first-order chi connectivity index (χ1) is 8.33. The number of aliphatic hydroxyl groups is 1. The highest BCUT2D eigenvalue weighted by Crippen LogP contribution is 2.31. The lowest BCUT2D eigenvalue weighted by Crippen LogP contribution is -2.57. The van der Waals surface area contributed by atoms with Crippen molar-refractivity contribution in [3.63, 3.8) is 0 Å². The van der Waals surface area contributed by atoms with Crippen LogP contribution in [-0.2, 0) is 11.3 Å². The van der Waals surface area contributed by atoms with E-state index in [1.54, 1.807) is 6.20 Å². The van der Waals surface area contributed by atoms with E-state index < -0.39 is 0 Å². The molecular formula is C14H22N2O2. The summed E-state index contributed by atoms with van der Waals surface area (Å²) in [5.41, 5.74) is 0.434. The van der Waals surface area contributed by atoms with Gasteiger partial charge in [0, 0.05) is 24.8 Å².